The number of thiazole rings is 1. The fourth-order valence-electron chi connectivity index (χ4n) is 1.59. The molecule has 6 heteroatoms. The molecule has 0 bridgehead atoms. The highest BCUT2D eigenvalue weighted by molar-refractivity contribution is 7.16. The minimum absolute atomic E-state index is 0.0691. The quantitative estimate of drug-likeness (QED) is 0.930. The lowest BCUT2D eigenvalue weighted by molar-refractivity contribution is 0.414. The topological polar surface area (TPSA) is 57.9 Å². The van der Waals surface area contributed by atoms with E-state index in [-0.39, 0.29) is 11.2 Å². The molecule has 0 fully saturated rings. The highest BCUT2D eigenvalue weighted by Crippen LogP contribution is 2.29. The van der Waals surface area contributed by atoms with Crippen LogP contribution in [0.4, 0.5) is 5.13 Å². The summed E-state index contributed by atoms with van der Waals surface area (Å²) in [5.41, 5.74) is 1.10. The van der Waals surface area contributed by atoms with Gasteiger partial charge in [0, 0.05) is 0 Å². The van der Waals surface area contributed by atoms with Gasteiger partial charge in [-0.25, -0.2) is 4.98 Å². The van der Waals surface area contributed by atoms with Crippen LogP contribution in [0.25, 0.3) is 0 Å². The van der Waals surface area contributed by atoms with Crippen molar-refractivity contribution in [2.75, 3.05) is 12.4 Å². The van der Waals surface area contributed by atoms with Crippen LogP contribution >= 0.6 is 22.9 Å². The van der Waals surface area contributed by atoms with Gasteiger partial charge in [-0.2, -0.15) is 5.26 Å². The van der Waals surface area contributed by atoms with Gasteiger partial charge in [0.1, 0.15) is 16.7 Å². The maximum Gasteiger partial charge on any atom is 0.185 e. The number of anilines is 1. The van der Waals surface area contributed by atoms with E-state index in [0.29, 0.717) is 10.0 Å². The number of nitriles is 1. The van der Waals surface area contributed by atoms with E-state index >= 15 is 0 Å². The van der Waals surface area contributed by atoms with E-state index in [1.54, 1.807) is 7.11 Å². The molecule has 0 radical (unpaired) electrons. The minimum Gasteiger partial charge on any atom is -0.497 e. The summed E-state index contributed by atoms with van der Waals surface area (Å²) >= 11 is 7.08. The van der Waals surface area contributed by atoms with E-state index in [2.05, 4.69) is 10.3 Å². The standard InChI is InChI=1S/C13H12ClN3OS/c1-8(9-3-5-10(18-2)6-4-9)16-13-17-12(14)11(7-15)19-13/h3-6,8H,1-2H3,(H,16,17). The lowest BCUT2D eigenvalue weighted by Gasteiger charge is -2.13. The van der Waals surface area contributed by atoms with Gasteiger partial charge in [-0.1, -0.05) is 35.1 Å². The average molecular weight is 294 g/mol. The molecule has 19 heavy (non-hydrogen) atoms. The molecule has 1 N–H and O–H groups in total. The molecule has 0 aliphatic rings. The molecule has 0 aliphatic heterocycles. The maximum atomic E-state index is 8.83. The fourth-order valence-corrected chi connectivity index (χ4v) is 2.63. The summed E-state index contributed by atoms with van der Waals surface area (Å²) in [4.78, 5) is 4.53. The second kappa shape index (κ2) is 5.91. The number of halogens is 1. The van der Waals surface area contributed by atoms with E-state index < -0.39 is 0 Å². The third kappa shape index (κ3) is 3.16. The van der Waals surface area contributed by atoms with Crippen molar-refractivity contribution in [1.29, 1.82) is 5.26 Å². The normalized spacial score (nSPS) is 11.7. The van der Waals surface area contributed by atoms with Gasteiger partial charge in [-0.3, -0.25) is 0 Å². The summed E-state index contributed by atoms with van der Waals surface area (Å²) in [6.45, 7) is 2.02. The Labute approximate surface area is 120 Å². The van der Waals surface area contributed by atoms with Gasteiger partial charge < -0.3 is 10.1 Å². The van der Waals surface area contributed by atoms with Crippen molar-refractivity contribution < 1.29 is 4.74 Å². The molecule has 4 nitrogen and oxygen atoms in total. The van der Waals surface area contributed by atoms with Crippen LogP contribution < -0.4 is 10.1 Å². The molecule has 0 spiro atoms. The molecule has 1 heterocycles. The molecule has 1 aromatic heterocycles. The van der Waals surface area contributed by atoms with Crippen LogP contribution in [-0.2, 0) is 0 Å². The summed E-state index contributed by atoms with van der Waals surface area (Å²) in [5.74, 6) is 0.819. The monoisotopic (exact) mass is 293 g/mol. The summed E-state index contributed by atoms with van der Waals surface area (Å²) in [7, 11) is 1.64. The number of rotatable bonds is 4. The van der Waals surface area contributed by atoms with Crippen LogP contribution in [0.3, 0.4) is 0 Å². The smallest absolute Gasteiger partial charge is 0.185 e. The van der Waals surface area contributed by atoms with Crippen LogP contribution in [0.1, 0.15) is 23.4 Å². The second-order valence-electron chi connectivity index (χ2n) is 3.89. The number of ether oxygens (including phenoxy) is 1. The average Bonchev–Trinajstić information content (AvgIpc) is 2.78. The zero-order valence-electron chi connectivity index (χ0n) is 10.5. The third-order valence-electron chi connectivity index (χ3n) is 2.64. The molecule has 1 aromatic carbocycles. The van der Waals surface area contributed by atoms with Gasteiger partial charge >= 0.3 is 0 Å². The van der Waals surface area contributed by atoms with E-state index in [9.17, 15) is 0 Å². The predicted octanol–water partition coefficient (Wildman–Crippen LogP) is 3.85. The number of nitrogens with zero attached hydrogens (tertiary/aromatic N) is 2. The predicted molar refractivity (Wildman–Crippen MR) is 76.9 cm³/mol. The van der Waals surface area contributed by atoms with Crippen molar-refractivity contribution in [2.45, 2.75) is 13.0 Å². The van der Waals surface area contributed by atoms with Crippen molar-refractivity contribution >= 4 is 28.1 Å². The Balaban J connectivity index is 2.11. The Bertz CT molecular complexity index is 603. The van der Waals surface area contributed by atoms with Gasteiger partial charge in [0.15, 0.2) is 10.3 Å². The number of nitrogens with one attached hydrogen (secondary N) is 1. The summed E-state index contributed by atoms with van der Waals surface area (Å²) in [6, 6.07) is 9.86. The lowest BCUT2D eigenvalue weighted by Crippen LogP contribution is -2.06. The van der Waals surface area contributed by atoms with Gasteiger partial charge in [-0.15, -0.1) is 0 Å². The molecule has 98 valence electrons. The van der Waals surface area contributed by atoms with Crippen molar-refractivity contribution in [3.05, 3.63) is 39.9 Å². The second-order valence-corrected chi connectivity index (χ2v) is 5.25. The minimum atomic E-state index is 0.0691. The van der Waals surface area contributed by atoms with E-state index in [1.165, 1.54) is 11.3 Å². The lowest BCUT2D eigenvalue weighted by atomic mass is 10.1. The first kappa shape index (κ1) is 13.7. The van der Waals surface area contributed by atoms with Crippen LogP contribution in [0.2, 0.25) is 5.15 Å². The summed E-state index contributed by atoms with van der Waals surface area (Å²) in [6.07, 6.45) is 0. The van der Waals surface area contributed by atoms with Gasteiger partial charge in [-0.05, 0) is 24.6 Å². The largest absolute Gasteiger partial charge is 0.497 e. The molecule has 2 aromatic rings. The van der Waals surface area contributed by atoms with Crippen molar-refractivity contribution in [2.24, 2.45) is 0 Å². The zero-order valence-corrected chi connectivity index (χ0v) is 12.0. The first-order valence-electron chi connectivity index (χ1n) is 5.61. The number of hydrogen-bond donors (Lipinski definition) is 1. The third-order valence-corrected chi connectivity index (χ3v) is 3.92. The Morgan fingerprint density at radius 1 is 1.42 bits per heavy atom. The number of aromatic nitrogens is 1. The molecule has 1 atom stereocenters. The Hall–Kier alpha value is -1.77. The first-order chi connectivity index (χ1) is 9.13. The van der Waals surface area contributed by atoms with Crippen molar-refractivity contribution in [3.63, 3.8) is 0 Å². The maximum absolute atomic E-state index is 8.83. The van der Waals surface area contributed by atoms with Crippen LogP contribution in [0.5, 0.6) is 5.75 Å². The molecule has 0 saturated heterocycles. The molecule has 0 aliphatic carbocycles. The fraction of sp³-hybridized carbons (Fsp3) is 0.231. The van der Waals surface area contributed by atoms with Crippen LogP contribution in [-0.4, -0.2) is 12.1 Å². The van der Waals surface area contributed by atoms with E-state index in [1.807, 2.05) is 37.3 Å². The highest BCUT2D eigenvalue weighted by atomic mass is 35.5. The molecular formula is C13H12ClN3OS. The van der Waals surface area contributed by atoms with Gasteiger partial charge in [0.25, 0.3) is 0 Å². The van der Waals surface area contributed by atoms with Crippen molar-refractivity contribution in [1.82, 2.24) is 4.98 Å². The van der Waals surface area contributed by atoms with E-state index in [4.69, 9.17) is 21.6 Å². The van der Waals surface area contributed by atoms with Gasteiger partial charge in [0.2, 0.25) is 0 Å². The van der Waals surface area contributed by atoms with Crippen LogP contribution in [0, 0.1) is 11.3 Å². The molecule has 0 amide bonds. The van der Waals surface area contributed by atoms with E-state index in [0.717, 1.165) is 11.3 Å². The Morgan fingerprint density at radius 2 is 2.11 bits per heavy atom. The molecule has 2 rings (SSSR count). The molecular weight excluding hydrogens is 282 g/mol. The highest BCUT2D eigenvalue weighted by Gasteiger charge is 2.12. The zero-order chi connectivity index (χ0) is 13.8. The summed E-state index contributed by atoms with van der Waals surface area (Å²) < 4.78 is 5.12. The first-order valence-corrected chi connectivity index (χ1v) is 6.80. The number of hydrogen-bond acceptors (Lipinski definition) is 5. The van der Waals surface area contributed by atoms with Crippen molar-refractivity contribution in [3.8, 4) is 11.8 Å². The number of benzene rings is 1. The Morgan fingerprint density at radius 3 is 2.63 bits per heavy atom. The molecule has 1 unspecified atom stereocenters. The molecule has 0 saturated carbocycles. The SMILES string of the molecule is COc1ccc(C(C)Nc2nc(Cl)c(C#N)s2)cc1. The number of methoxy groups -OCH3 is 1. The Kier molecular flexibility index (Phi) is 4.25. The van der Waals surface area contributed by atoms with Crippen LogP contribution in [0.15, 0.2) is 24.3 Å². The van der Waals surface area contributed by atoms with Gasteiger partial charge in [0.05, 0.1) is 13.2 Å². The summed E-state index contributed by atoms with van der Waals surface area (Å²) in [5, 5.41) is 12.9.